The maximum Gasteiger partial charge on any atom is 0.239 e. The molecule has 0 spiro atoms. The highest BCUT2D eigenvalue weighted by Gasteiger charge is 2.25. The molecule has 1 aliphatic rings. The van der Waals surface area contributed by atoms with Gasteiger partial charge < -0.3 is 20.3 Å². The maximum absolute atomic E-state index is 13.1. The largest absolute Gasteiger partial charge is 0.380 e. The van der Waals surface area contributed by atoms with E-state index in [-0.39, 0.29) is 17.8 Å². The minimum absolute atomic E-state index is 0.0379. The molecule has 1 heterocycles. The third kappa shape index (κ3) is 4.59. The van der Waals surface area contributed by atoms with Crippen LogP contribution in [0.5, 0.6) is 0 Å². The van der Waals surface area contributed by atoms with Crippen LogP contribution in [0.2, 0.25) is 0 Å². The van der Waals surface area contributed by atoms with Crippen molar-refractivity contribution in [1.29, 1.82) is 0 Å². The fourth-order valence-electron chi connectivity index (χ4n) is 3.14. The van der Waals surface area contributed by atoms with Crippen LogP contribution in [0.15, 0.2) is 48.5 Å². The van der Waals surface area contributed by atoms with Crippen molar-refractivity contribution < 1.29 is 13.9 Å². The van der Waals surface area contributed by atoms with Crippen molar-refractivity contribution in [3.05, 3.63) is 65.5 Å². The first kappa shape index (κ1) is 18.4. The van der Waals surface area contributed by atoms with Crippen molar-refractivity contribution in [2.45, 2.75) is 19.2 Å². The van der Waals surface area contributed by atoms with Crippen LogP contribution in [0.25, 0.3) is 0 Å². The summed E-state index contributed by atoms with van der Waals surface area (Å²) in [5.74, 6) is -0.295. The summed E-state index contributed by atoms with van der Waals surface area (Å²) in [6, 6.07) is 14.0. The van der Waals surface area contributed by atoms with E-state index in [1.165, 1.54) is 12.1 Å². The number of ether oxygens (including phenoxy) is 1. The average Bonchev–Trinajstić information content (AvgIpc) is 2.68. The average molecular weight is 357 g/mol. The number of carbonyl (C=O) groups excluding carboxylic acids is 1. The number of anilines is 1. The van der Waals surface area contributed by atoms with Gasteiger partial charge in [0.15, 0.2) is 0 Å². The molecule has 2 aromatic rings. The van der Waals surface area contributed by atoms with Gasteiger partial charge in [0.25, 0.3) is 0 Å². The van der Waals surface area contributed by atoms with Crippen molar-refractivity contribution >= 4 is 11.6 Å². The van der Waals surface area contributed by atoms with E-state index in [1.54, 1.807) is 19.2 Å². The Morgan fingerprint density at radius 3 is 2.69 bits per heavy atom. The third-order valence-electron chi connectivity index (χ3n) is 4.55. The van der Waals surface area contributed by atoms with Crippen molar-refractivity contribution in [2.24, 2.45) is 0 Å². The Hall–Kier alpha value is -2.44. The molecule has 0 aromatic heterocycles. The zero-order valence-electron chi connectivity index (χ0n) is 14.9. The van der Waals surface area contributed by atoms with Gasteiger partial charge in [-0.3, -0.25) is 4.79 Å². The van der Waals surface area contributed by atoms with E-state index in [1.807, 2.05) is 24.3 Å². The number of hydrogen-bond acceptors (Lipinski definition) is 4. The van der Waals surface area contributed by atoms with Gasteiger partial charge in [-0.05, 0) is 35.4 Å². The highest BCUT2D eigenvalue weighted by atomic mass is 19.1. The molecule has 1 aliphatic heterocycles. The van der Waals surface area contributed by atoms with Crippen LogP contribution in [0, 0.1) is 5.82 Å². The number of methoxy groups -OCH3 is 1. The lowest BCUT2D eigenvalue weighted by Gasteiger charge is -2.34. The first-order valence-corrected chi connectivity index (χ1v) is 8.74. The number of amides is 1. The molecule has 2 aromatic carbocycles. The van der Waals surface area contributed by atoms with Gasteiger partial charge in [-0.1, -0.05) is 24.3 Å². The topological polar surface area (TPSA) is 53.6 Å². The molecule has 0 aliphatic carbocycles. The summed E-state index contributed by atoms with van der Waals surface area (Å²) < 4.78 is 18.3. The molecule has 0 bridgehead atoms. The highest BCUT2D eigenvalue weighted by molar-refractivity contribution is 5.82. The Bertz CT molecular complexity index is 736. The molecular weight excluding hydrogens is 333 g/mol. The number of benzene rings is 2. The van der Waals surface area contributed by atoms with Gasteiger partial charge in [-0.15, -0.1) is 0 Å². The molecule has 2 N–H and O–H groups in total. The molecule has 1 saturated heterocycles. The van der Waals surface area contributed by atoms with Crippen LogP contribution in [-0.2, 0) is 22.7 Å². The van der Waals surface area contributed by atoms with Crippen molar-refractivity contribution in [2.75, 3.05) is 31.6 Å². The van der Waals surface area contributed by atoms with Crippen LogP contribution in [0.4, 0.5) is 10.1 Å². The van der Waals surface area contributed by atoms with Gasteiger partial charge >= 0.3 is 0 Å². The Balaban J connectivity index is 1.58. The molecule has 26 heavy (non-hydrogen) atoms. The summed E-state index contributed by atoms with van der Waals surface area (Å²) >= 11 is 0. The number of hydrogen-bond donors (Lipinski definition) is 2. The number of carbonyl (C=O) groups is 1. The number of piperazine rings is 1. The lowest BCUT2D eigenvalue weighted by Crippen LogP contribution is -2.57. The Morgan fingerprint density at radius 2 is 1.96 bits per heavy atom. The second-order valence-corrected chi connectivity index (χ2v) is 6.35. The zero-order valence-corrected chi connectivity index (χ0v) is 14.9. The van der Waals surface area contributed by atoms with Crippen LogP contribution in [0.1, 0.15) is 11.1 Å². The molecule has 0 saturated carbocycles. The summed E-state index contributed by atoms with van der Waals surface area (Å²) in [5.41, 5.74) is 3.05. The number of nitrogens with one attached hydrogen (secondary N) is 2. The van der Waals surface area contributed by atoms with Gasteiger partial charge in [0.2, 0.25) is 5.91 Å². The van der Waals surface area contributed by atoms with E-state index >= 15 is 0 Å². The Kier molecular flexibility index (Phi) is 6.20. The second-order valence-electron chi connectivity index (χ2n) is 6.35. The van der Waals surface area contributed by atoms with Gasteiger partial charge in [-0.2, -0.15) is 0 Å². The predicted octanol–water partition coefficient (Wildman–Crippen LogP) is 2.07. The van der Waals surface area contributed by atoms with E-state index in [9.17, 15) is 9.18 Å². The smallest absolute Gasteiger partial charge is 0.239 e. The predicted molar refractivity (Wildman–Crippen MR) is 99.4 cm³/mol. The highest BCUT2D eigenvalue weighted by Crippen LogP contribution is 2.17. The van der Waals surface area contributed by atoms with Crippen molar-refractivity contribution in [1.82, 2.24) is 10.6 Å². The van der Waals surface area contributed by atoms with E-state index in [0.29, 0.717) is 26.2 Å². The molecule has 1 amide bonds. The van der Waals surface area contributed by atoms with Gasteiger partial charge in [0.1, 0.15) is 11.9 Å². The van der Waals surface area contributed by atoms with Crippen LogP contribution >= 0.6 is 0 Å². The summed E-state index contributed by atoms with van der Waals surface area (Å²) in [6.45, 7) is 3.03. The first-order chi connectivity index (χ1) is 12.7. The summed E-state index contributed by atoms with van der Waals surface area (Å²) in [7, 11) is 1.66. The third-order valence-corrected chi connectivity index (χ3v) is 4.55. The summed E-state index contributed by atoms with van der Waals surface area (Å²) in [4.78, 5) is 14.7. The SMILES string of the molecule is COCc1ccccc1CNC(=O)[C@@H]1CN(c2ccc(F)cc2)CCN1. The fraction of sp³-hybridized carbons (Fsp3) is 0.350. The Morgan fingerprint density at radius 1 is 1.23 bits per heavy atom. The molecule has 5 nitrogen and oxygen atoms in total. The standard InChI is InChI=1S/C20H24FN3O2/c1-26-14-16-5-3-2-4-15(16)12-23-20(25)19-13-24(11-10-22-19)18-8-6-17(21)7-9-18/h2-9,19,22H,10-14H2,1H3,(H,23,25)/t19-/m0/s1. The molecule has 1 fully saturated rings. The van der Waals surface area contributed by atoms with Gasteiger partial charge in [-0.25, -0.2) is 4.39 Å². The normalized spacial score (nSPS) is 17.2. The molecule has 0 unspecified atom stereocenters. The molecular formula is C20H24FN3O2. The summed E-state index contributed by atoms with van der Waals surface area (Å²) in [6.07, 6.45) is 0. The molecule has 6 heteroatoms. The maximum atomic E-state index is 13.1. The molecule has 3 rings (SSSR count). The van der Waals surface area contributed by atoms with Crippen LogP contribution in [-0.4, -0.2) is 38.7 Å². The first-order valence-electron chi connectivity index (χ1n) is 8.74. The fourth-order valence-corrected chi connectivity index (χ4v) is 3.14. The molecule has 1 atom stereocenters. The van der Waals surface area contributed by atoms with Crippen LogP contribution in [0.3, 0.4) is 0 Å². The van der Waals surface area contributed by atoms with E-state index in [0.717, 1.165) is 23.4 Å². The zero-order chi connectivity index (χ0) is 18.4. The minimum Gasteiger partial charge on any atom is -0.380 e. The van der Waals surface area contributed by atoms with Crippen molar-refractivity contribution in [3.63, 3.8) is 0 Å². The molecule has 0 radical (unpaired) electrons. The van der Waals surface area contributed by atoms with E-state index in [2.05, 4.69) is 15.5 Å². The number of rotatable bonds is 6. The lowest BCUT2D eigenvalue weighted by molar-refractivity contribution is -0.123. The summed E-state index contributed by atoms with van der Waals surface area (Å²) in [5, 5.41) is 6.26. The monoisotopic (exact) mass is 357 g/mol. The number of nitrogens with zero attached hydrogens (tertiary/aromatic N) is 1. The van der Waals surface area contributed by atoms with Gasteiger partial charge in [0.05, 0.1) is 6.61 Å². The van der Waals surface area contributed by atoms with Crippen LogP contribution < -0.4 is 15.5 Å². The second kappa shape index (κ2) is 8.78. The minimum atomic E-state index is -0.302. The lowest BCUT2D eigenvalue weighted by atomic mass is 10.1. The molecule has 138 valence electrons. The Labute approximate surface area is 153 Å². The van der Waals surface area contributed by atoms with Crippen molar-refractivity contribution in [3.8, 4) is 0 Å². The number of halogens is 1. The van der Waals surface area contributed by atoms with E-state index < -0.39 is 0 Å². The van der Waals surface area contributed by atoms with E-state index in [4.69, 9.17) is 4.74 Å². The quantitative estimate of drug-likeness (QED) is 0.831. The van der Waals surface area contributed by atoms with Gasteiger partial charge in [0, 0.05) is 39.0 Å².